The van der Waals surface area contributed by atoms with Gasteiger partial charge < -0.3 is 4.43 Å². The van der Waals surface area contributed by atoms with Gasteiger partial charge in [0.25, 0.3) is 0 Å². The van der Waals surface area contributed by atoms with Crippen LogP contribution in [-0.2, 0) is 4.43 Å². The molecule has 0 aliphatic carbocycles. The zero-order valence-corrected chi connectivity index (χ0v) is 18.1. The third kappa shape index (κ3) is 12.3. The van der Waals surface area contributed by atoms with Crippen molar-refractivity contribution >= 4 is 44.9 Å². The predicted molar refractivity (Wildman–Crippen MR) is 107 cm³/mol. The Morgan fingerprint density at radius 1 is 0.905 bits per heavy atom. The molecule has 0 aliphatic rings. The van der Waals surface area contributed by atoms with Gasteiger partial charge in [0.15, 0.2) is 9.76 Å². The summed E-state index contributed by atoms with van der Waals surface area (Å²) in [7, 11) is -0.469. The minimum atomic E-state index is -0.469. The second-order valence-corrected chi connectivity index (χ2v) is 10.2. The zero-order valence-electron chi connectivity index (χ0n) is 14.3. The predicted octanol–water partition coefficient (Wildman–Crippen LogP) is 6.04. The Morgan fingerprint density at radius 3 is 1.95 bits per heavy atom. The molecule has 0 saturated heterocycles. The first kappa shape index (κ1) is 22.2. The molecule has 0 aromatic heterocycles. The highest BCUT2D eigenvalue weighted by Gasteiger charge is 2.30. The van der Waals surface area contributed by atoms with Crippen molar-refractivity contribution in [3.63, 3.8) is 0 Å². The molecule has 0 fully saturated rings. The maximum absolute atomic E-state index is 6.49. The van der Waals surface area contributed by atoms with Gasteiger partial charge in [0.2, 0.25) is 0 Å². The lowest BCUT2D eigenvalue weighted by atomic mass is 10.2. The lowest BCUT2D eigenvalue weighted by Crippen LogP contribution is -2.28. The van der Waals surface area contributed by atoms with Gasteiger partial charge in [-0.15, -0.1) is 35.1 Å². The van der Waals surface area contributed by atoms with Crippen LogP contribution in [0.25, 0.3) is 0 Å². The van der Waals surface area contributed by atoms with Crippen LogP contribution < -0.4 is 0 Å². The highest BCUT2D eigenvalue weighted by atomic mass is 35.5. The van der Waals surface area contributed by atoms with Crippen LogP contribution >= 0.6 is 35.1 Å². The summed E-state index contributed by atoms with van der Waals surface area (Å²) in [6.07, 6.45) is 10.3. The van der Waals surface area contributed by atoms with Crippen molar-refractivity contribution in [1.29, 1.82) is 0 Å². The van der Waals surface area contributed by atoms with Crippen LogP contribution in [0.1, 0.15) is 72.1 Å². The van der Waals surface area contributed by atoms with Crippen molar-refractivity contribution in [2.45, 2.75) is 82.4 Å². The van der Waals surface area contributed by atoms with Gasteiger partial charge in [-0.05, 0) is 43.2 Å². The average Bonchev–Trinajstić information content (AvgIpc) is 2.48. The van der Waals surface area contributed by atoms with E-state index >= 15 is 0 Å². The van der Waals surface area contributed by atoms with E-state index in [4.69, 9.17) is 16.0 Å². The fourth-order valence-electron chi connectivity index (χ4n) is 1.96. The van der Waals surface area contributed by atoms with Crippen molar-refractivity contribution in [2.24, 2.45) is 0 Å². The van der Waals surface area contributed by atoms with E-state index < -0.39 is 9.76 Å². The molecule has 0 bridgehead atoms. The third-order valence-corrected chi connectivity index (χ3v) is 9.02. The maximum Gasteiger partial charge on any atom is 0.165 e. The topological polar surface area (TPSA) is 9.23 Å². The maximum atomic E-state index is 6.49. The summed E-state index contributed by atoms with van der Waals surface area (Å²) in [5.74, 6) is 3.23. The molecular weight excluding hydrogens is 336 g/mol. The van der Waals surface area contributed by atoms with Crippen molar-refractivity contribution < 1.29 is 4.43 Å². The standard InChI is InChI=1S/C16H35ClOS2Si/c1-4-7-10-11-16(18-21-15-12-17,19-13-8-5-2)20-14-9-6-3/h4-15,21H2,1-3H3. The Labute approximate surface area is 149 Å². The SMILES string of the molecule is CCCCCC(O[SiH2]CCCl)(SCCCC)SCCCC. The van der Waals surface area contributed by atoms with Gasteiger partial charge in [-0.3, -0.25) is 0 Å². The lowest BCUT2D eigenvalue weighted by molar-refractivity contribution is 0.253. The largest absolute Gasteiger partial charge is 0.402 e. The van der Waals surface area contributed by atoms with Crippen molar-refractivity contribution in [3.8, 4) is 0 Å². The molecule has 128 valence electrons. The van der Waals surface area contributed by atoms with Crippen LogP contribution in [0, 0.1) is 0 Å². The number of hydrogen-bond acceptors (Lipinski definition) is 3. The molecule has 0 aromatic rings. The highest BCUT2D eigenvalue weighted by Crippen LogP contribution is 2.43. The van der Waals surface area contributed by atoms with Gasteiger partial charge >= 0.3 is 0 Å². The number of thioether (sulfide) groups is 2. The van der Waals surface area contributed by atoms with E-state index in [0.717, 1.165) is 11.9 Å². The molecule has 0 aliphatic heterocycles. The normalized spacial score (nSPS) is 12.6. The molecule has 0 unspecified atom stereocenters. The summed E-state index contributed by atoms with van der Waals surface area (Å²) in [6.45, 7) is 6.82. The Balaban J connectivity index is 4.52. The van der Waals surface area contributed by atoms with Crippen LogP contribution in [0.2, 0.25) is 6.04 Å². The summed E-state index contributed by atoms with van der Waals surface area (Å²) in [5, 5.41) is 0. The number of alkyl halides is 1. The summed E-state index contributed by atoms with van der Waals surface area (Å²) in [5.41, 5.74) is 0. The van der Waals surface area contributed by atoms with Crippen molar-refractivity contribution in [1.82, 2.24) is 0 Å². The summed E-state index contributed by atoms with van der Waals surface area (Å²) in [4.78, 5) is 0. The van der Waals surface area contributed by atoms with Crippen molar-refractivity contribution in [3.05, 3.63) is 0 Å². The summed E-state index contributed by atoms with van der Waals surface area (Å²) in [6, 6.07) is 1.10. The van der Waals surface area contributed by atoms with E-state index in [1.165, 1.54) is 62.9 Å². The average molecular weight is 371 g/mol. The first-order valence-corrected chi connectivity index (χ1v) is 12.8. The highest BCUT2D eigenvalue weighted by molar-refractivity contribution is 8.18. The molecule has 5 heteroatoms. The first-order chi connectivity index (χ1) is 10.2. The number of halogens is 1. The van der Waals surface area contributed by atoms with Crippen LogP contribution in [0.4, 0.5) is 0 Å². The van der Waals surface area contributed by atoms with E-state index in [9.17, 15) is 0 Å². The number of hydrogen-bond donors (Lipinski definition) is 0. The lowest BCUT2D eigenvalue weighted by Gasteiger charge is -2.34. The Bertz CT molecular complexity index is 175. The van der Waals surface area contributed by atoms with E-state index in [1.807, 2.05) is 0 Å². The minimum Gasteiger partial charge on any atom is -0.402 e. The van der Waals surface area contributed by atoms with E-state index in [-0.39, 0.29) is 4.27 Å². The van der Waals surface area contributed by atoms with Crippen LogP contribution in [0.5, 0.6) is 0 Å². The fourth-order valence-corrected chi connectivity index (χ4v) is 7.06. The molecular formula is C16H35ClOS2Si. The molecule has 0 aromatic carbocycles. The van der Waals surface area contributed by atoms with Gasteiger partial charge in [-0.1, -0.05) is 46.5 Å². The van der Waals surface area contributed by atoms with Crippen LogP contribution in [0.3, 0.4) is 0 Å². The summed E-state index contributed by atoms with van der Waals surface area (Å²) < 4.78 is 6.53. The number of rotatable bonds is 16. The molecule has 0 radical (unpaired) electrons. The van der Waals surface area contributed by atoms with Gasteiger partial charge in [-0.25, -0.2) is 0 Å². The molecule has 0 spiro atoms. The first-order valence-electron chi connectivity index (χ1n) is 8.72. The molecule has 1 nitrogen and oxygen atoms in total. The second kappa shape index (κ2) is 16.0. The molecule has 0 atom stereocenters. The van der Waals surface area contributed by atoms with Crippen molar-refractivity contribution in [2.75, 3.05) is 17.4 Å². The Kier molecular flexibility index (Phi) is 16.9. The molecule has 0 rings (SSSR count). The fraction of sp³-hybridized carbons (Fsp3) is 1.00. The van der Waals surface area contributed by atoms with Gasteiger partial charge in [-0.2, -0.15) is 0 Å². The molecule has 0 saturated carbocycles. The number of unbranched alkanes of at least 4 members (excludes halogenated alkanes) is 4. The van der Waals surface area contributed by atoms with Gasteiger partial charge in [0.05, 0.1) is 0 Å². The van der Waals surface area contributed by atoms with E-state index in [0.29, 0.717) is 0 Å². The van der Waals surface area contributed by atoms with Crippen LogP contribution in [0.15, 0.2) is 0 Å². The smallest absolute Gasteiger partial charge is 0.165 e. The van der Waals surface area contributed by atoms with Crippen LogP contribution in [-0.4, -0.2) is 31.4 Å². The second-order valence-electron chi connectivity index (χ2n) is 5.44. The zero-order chi connectivity index (χ0) is 15.8. The van der Waals surface area contributed by atoms with E-state index in [1.54, 1.807) is 0 Å². The Morgan fingerprint density at radius 2 is 1.48 bits per heavy atom. The molecule has 0 N–H and O–H groups in total. The molecule has 0 heterocycles. The quantitative estimate of drug-likeness (QED) is 0.142. The third-order valence-electron chi connectivity index (χ3n) is 3.33. The molecule has 21 heavy (non-hydrogen) atoms. The van der Waals surface area contributed by atoms with Gasteiger partial charge in [0, 0.05) is 5.88 Å². The summed E-state index contributed by atoms with van der Waals surface area (Å²) >= 11 is 10.0. The Hall–Kier alpha value is 1.17. The van der Waals surface area contributed by atoms with E-state index in [2.05, 4.69) is 44.3 Å². The van der Waals surface area contributed by atoms with Gasteiger partial charge in [0.1, 0.15) is 4.27 Å². The minimum absolute atomic E-state index is 0.0395. The molecule has 0 amide bonds. The monoisotopic (exact) mass is 370 g/mol.